The van der Waals surface area contributed by atoms with Gasteiger partial charge in [-0.3, -0.25) is 4.68 Å². The monoisotopic (exact) mass is 247 g/mol. The lowest BCUT2D eigenvalue weighted by Gasteiger charge is -2.23. The minimum Gasteiger partial charge on any atom is -0.356 e. The Balaban J connectivity index is 1.97. The van der Waals surface area contributed by atoms with Gasteiger partial charge in [-0.1, -0.05) is 0 Å². The summed E-state index contributed by atoms with van der Waals surface area (Å²) in [5, 5.41) is 15.0. The zero-order valence-corrected chi connectivity index (χ0v) is 10.6. The van der Waals surface area contributed by atoms with Crippen molar-refractivity contribution in [3.05, 3.63) is 18.0 Å². The van der Waals surface area contributed by atoms with Crippen molar-refractivity contribution in [3.63, 3.8) is 0 Å². The lowest BCUT2D eigenvalue weighted by atomic mass is 10.1. The average molecular weight is 247 g/mol. The molecule has 0 aliphatic carbocycles. The lowest BCUT2D eigenvalue weighted by Crippen LogP contribution is -2.24. The Kier molecular flexibility index (Phi) is 2.66. The molecule has 3 rings (SSSR count). The molecule has 1 atom stereocenters. The standard InChI is InChI=1S/C11H17N7/c1-3-17-7-8(6-14-17)9-4-5-13-11-15-10(12-2)16-18(9)11/h6-7,9H,3-5H2,1-2H3,(H2,12,13,15,16). The van der Waals surface area contributed by atoms with Crippen LogP contribution in [-0.2, 0) is 6.54 Å². The van der Waals surface area contributed by atoms with Crippen molar-refractivity contribution < 1.29 is 0 Å². The number of nitrogens with one attached hydrogen (secondary N) is 2. The van der Waals surface area contributed by atoms with Gasteiger partial charge in [0.1, 0.15) is 0 Å². The third kappa shape index (κ3) is 1.71. The van der Waals surface area contributed by atoms with E-state index >= 15 is 0 Å². The molecule has 1 aliphatic rings. The number of aryl methyl sites for hydroxylation is 1. The van der Waals surface area contributed by atoms with Crippen molar-refractivity contribution in [1.29, 1.82) is 0 Å². The maximum atomic E-state index is 4.46. The molecule has 0 amide bonds. The first kappa shape index (κ1) is 11.1. The molecule has 18 heavy (non-hydrogen) atoms. The van der Waals surface area contributed by atoms with E-state index in [9.17, 15) is 0 Å². The third-order valence-corrected chi connectivity index (χ3v) is 3.21. The van der Waals surface area contributed by atoms with Crippen LogP contribution >= 0.6 is 0 Å². The van der Waals surface area contributed by atoms with Gasteiger partial charge in [0.05, 0.1) is 12.2 Å². The fraction of sp³-hybridized carbons (Fsp3) is 0.545. The number of hydrogen-bond donors (Lipinski definition) is 2. The van der Waals surface area contributed by atoms with Gasteiger partial charge in [0, 0.05) is 31.9 Å². The van der Waals surface area contributed by atoms with Crippen molar-refractivity contribution >= 4 is 11.9 Å². The van der Waals surface area contributed by atoms with Crippen molar-refractivity contribution in [3.8, 4) is 0 Å². The Morgan fingerprint density at radius 1 is 1.56 bits per heavy atom. The summed E-state index contributed by atoms with van der Waals surface area (Å²) in [4.78, 5) is 4.37. The second-order valence-corrected chi connectivity index (χ2v) is 4.31. The zero-order chi connectivity index (χ0) is 12.5. The van der Waals surface area contributed by atoms with E-state index in [1.807, 2.05) is 22.6 Å². The largest absolute Gasteiger partial charge is 0.356 e. The van der Waals surface area contributed by atoms with Gasteiger partial charge in [0.15, 0.2) is 0 Å². The first-order valence-electron chi connectivity index (χ1n) is 6.22. The van der Waals surface area contributed by atoms with Crippen molar-refractivity contribution in [2.24, 2.45) is 0 Å². The Morgan fingerprint density at radius 2 is 2.44 bits per heavy atom. The highest BCUT2D eigenvalue weighted by atomic mass is 15.5. The van der Waals surface area contributed by atoms with Gasteiger partial charge in [-0.15, -0.1) is 5.10 Å². The van der Waals surface area contributed by atoms with Crippen molar-refractivity contribution in [1.82, 2.24) is 24.5 Å². The summed E-state index contributed by atoms with van der Waals surface area (Å²) >= 11 is 0. The first-order chi connectivity index (χ1) is 8.81. The summed E-state index contributed by atoms with van der Waals surface area (Å²) < 4.78 is 3.87. The summed E-state index contributed by atoms with van der Waals surface area (Å²) in [5.41, 5.74) is 1.19. The predicted molar refractivity (Wildman–Crippen MR) is 68.7 cm³/mol. The van der Waals surface area contributed by atoms with Gasteiger partial charge in [-0.2, -0.15) is 10.1 Å². The van der Waals surface area contributed by atoms with Gasteiger partial charge in [0.2, 0.25) is 11.9 Å². The molecule has 7 heteroatoms. The normalized spacial score (nSPS) is 18.2. The van der Waals surface area contributed by atoms with E-state index in [1.54, 1.807) is 0 Å². The number of hydrogen-bond acceptors (Lipinski definition) is 5. The number of nitrogens with zero attached hydrogens (tertiary/aromatic N) is 5. The molecule has 0 saturated heterocycles. The van der Waals surface area contributed by atoms with E-state index in [2.05, 4.69) is 38.9 Å². The van der Waals surface area contributed by atoms with E-state index < -0.39 is 0 Å². The summed E-state index contributed by atoms with van der Waals surface area (Å²) in [5.74, 6) is 1.46. The molecule has 1 aliphatic heterocycles. The molecular weight excluding hydrogens is 230 g/mol. The van der Waals surface area contributed by atoms with Crippen LogP contribution in [0.1, 0.15) is 24.9 Å². The van der Waals surface area contributed by atoms with Crippen LogP contribution in [0.25, 0.3) is 0 Å². The smallest absolute Gasteiger partial charge is 0.243 e. The fourth-order valence-electron chi connectivity index (χ4n) is 2.24. The van der Waals surface area contributed by atoms with Crippen molar-refractivity contribution in [2.75, 3.05) is 24.2 Å². The Hall–Kier alpha value is -2.05. The highest BCUT2D eigenvalue weighted by molar-refractivity contribution is 5.38. The van der Waals surface area contributed by atoms with Crippen LogP contribution in [0.3, 0.4) is 0 Å². The highest BCUT2D eigenvalue weighted by Gasteiger charge is 2.25. The van der Waals surface area contributed by atoms with E-state index in [0.717, 1.165) is 25.5 Å². The molecule has 0 saturated carbocycles. The molecule has 2 N–H and O–H groups in total. The SMILES string of the molecule is CCn1cc(C2CCNc3nc(NC)nn32)cn1. The van der Waals surface area contributed by atoms with E-state index in [0.29, 0.717) is 5.95 Å². The zero-order valence-electron chi connectivity index (χ0n) is 10.6. The molecule has 0 aromatic carbocycles. The molecule has 0 bridgehead atoms. The van der Waals surface area contributed by atoms with Crippen LogP contribution in [0.2, 0.25) is 0 Å². The van der Waals surface area contributed by atoms with Gasteiger partial charge >= 0.3 is 0 Å². The van der Waals surface area contributed by atoms with E-state index in [1.165, 1.54) is 5.56 Å². The van der Waals surface area contributed by atoms with E-state index in [4.69, 9.17) is 0 Å². The minimum absolute atomic E-state index is 0.219. The number of anilines is 2. The minimum atomic E-state index is 0.219. The summed E-state index contributed by atoms with van der Waals surface area (Å²) in [7, 11) is 1.82. The molecular formula is C11H17N7. The second kappa shape index (κ2) is 4.32. The molecule has 7 nitrogen and oxygen atoms in total. The quantitative estimate of drug-likeness (QED) is 0.844. The van der Waals surface area contributed by atoms with Gasteiger partial charge < -0.3 is 10.6 Å². The number of rotatable bonds is 3. The van der Waals surface area contributed by atoms with Crippen LogP contribution in [0.4, 0.5) is 11.9 Å². The maximum absolute atomic E-state index is 4.46. The van der Waals surface area contributed by atoms with Crippen LogP contribution in [0.5, 0.6) is 0 Å². The Bertz CT molecular complexity index is 541. The predicted octanol–water partition coefficient (Wildman–Crippen LogP) is 0.941. The topological polar surface area (TPSA) is 72.6 Å². The second-order valence-electron chi connectivity index (χ2n) is 4.31. The summed E-state index contributed by atoms with van der Waals surface area (Å²) in [6, 6.07) is 0.219. The van der Waals surface area contributed by atoms with Crippen LogP contribution < -0.4 is 10.6 Å². The number of fused-ring (bicyclic) bond motifs is 1. The van der Waals surface area contributed by atoms with Crippen LogP contribution in [0.15, 0.2) is 12.4 Å². The third-order valence-electron chi connectivity index (χ3n) is 3.21. The number of aromatic nitrogens is 5. The molecule has 96 valence electrons. The van der Waals surface area contributed by atoms with Gasteiger partial charge in [0.25, 0.3) is 0 Å². The summed E-state index contributed by atoms with van der Waals surface area (Å²) in [6.07, 6.45) is 5.00. The molecule has 2 aromatic heterocycles. The molecule has 0 spiro atoms. The van der Waals surface area contributed by atoms with Crippen LogP contribution in [0, 0.1) is 0 Å². The molecule has 0 fully saturated rings. The van der Waals surface area contributed by atoms with E-state index in [-0.39, 0.29) is 6.04 Å². The molecule has 3 heterocycles. The molecule has 0 radical (unpaired) electrons. The molecule has 1 unspecified atom stereocenters. The maximum Gasteiger partial charge on any atom is 0.243 e. The summed E-state index contributed by atoms with van der Waals surface area (Å²) in [6.45, 7) is 3.87. The van der Waals surface area contributed by atoms with Gasteiger partial charge in [-0.05, 0) is 13.3 Å². The Labute approximate surface area is 105 Å². The van der Waals surface area contributed by atoms with Crippen molar-refractivity contribution in [2.45, 2.75) is 25.9 Å². The lowest BCUT2D eigenvalue weighted by molar-refractivity contribution is 0.480. The molecule has 2 aromatic rings. The van der Waals surface area contributed by atoms with Crippen LogP contribution in [-0.4, -0.2) is 38.1 Å². The Morgan fingerprint density at radius 3 is 3.17 bits per heavy atom. The van der Waals surface area contributed by atoms with Gasteiger partial charge in [-0.25, -0.2) is 4.68 Å². The average Bonchev–Trinajstić information content (AvgIpc) is 3.04. The highest BCUT2D eigenvalue weighted by Crippen LogP contribution is 2.28. The fourth-order valence-corrected chi connectivity index (χ4v) is 2.24. The first-order valence-corrected chi connectivity index (χ1v) is 6.22.